The Labute approximate surface area is 145 Å². The zero-order valence-corrected chi connectivity index (χ0v) is 14.6. The SMILES string of the molecule is C[C@@H](O)[C@H]1C(=O)N2C(C(=O)O)=C(S[C@@H]3CCNC3)[C@H](CCCN)[C@H]12. The van der Waals surface area contributed by atoms with E-state index in [1.54, 1.807) is 18.7 Å². The van der Waals surface area contributed by atoms with E-state index in [9.17, 15) is 19.8 Å². The van der Waals surface area contributed by atoms with E-state index < -0.39 is 18.0 Å². The normalized spacial score (nSPS) is 33.6. The van der Waals surface area contributed by atoms with Gasteiger partial charge < -0.3 is 26.2 Å². The highest BCUT2D eigenvalue weighted by atomic mass is 32.2. The Morgan fingerprint density at radius 1 is 1.54 bits per heavy atom. The minimum Gasteiger partial charge on any atom is -0.477 e. The van der Waals surface area contributed by atoms with Crippen molar-refractivity contribution < 1.29 is 19.8 Å². The van der Waals surface area contributed by atoms with E-state index in [0.717, 1.165) is 37.3 Å². The summed E-state index contributed by atoms with van der Waals surface area (Å²) in [7, 11) is 0. The van der Waals surface area contributed by atoms with Crippen LogP contribution in [0.2, 0.25) is 0 Å². The van der Waals surface area contributed by atoms with Crippen molar-refractivity contribution in [2.75, 3.05) is 19.6 Å². The molecule has 0 aromatic rings. The number of aliphatic hydroxyl groups is 1. The van der Waals surface area contributed by atoms with Crippen molar-refractivity contribution in [3.8, 4) is 0 Å². The fourth-order valence-corrected chi connectivity index (χ4v) is 5.59. The van der Waals surface area contributed by atoms with Crippen molar-refractivity contribution in [3.05, 3.63) is 10.6 Å². The van der Waals surface area contributed by atoms with Crippen LogP contribution in [-0.2, 0) is 9.59 Å². The molecule has 3 rings (SSSR count). The molecule has 8 heteroatoms. The molecule has 2 fully saturated rings. The maximum Gasteiger partial charge on any atom is 0.353 e. The number of carboxylic acids is 1. The van der Waals surface area contributed by atoms with Crippen LogP contribution in [0.5, 0.6) is 0 Å². The van der Waals surface area contributed by atoms with E-state index in [1.807, 2.05) is 0 Å². The van der Waals surface area contributed by atoms with Gasteiger partial charge in [0.05, 0.1) is 18.1 Å². The van der Waals surface area contributed by atoms with Crippen LogP contribution in [0.4, 0.5) is 0 Å². The summed E-state index contributed by atoms with van der Waals surface area (Å²) >= 11 is 1.59. The average molecular weight is 355 g/mol. The molecule has 3 aliphatic heterocycles. The third-order valence-electron chi connectivity index (χ3n) is 5.16. The van der Waals surface area contributed by atoms with Crippen LogP contribution in [0.3, 0.4) is 0 Å². The second kappa shape index (κ2) is 7.03. The predicted octanol–water partition coefficient (Wildman–Crippen LogP) is -0.0458. The van der Waals surface area contributed by atoms with E-state index in [4.69, 9.17) is 5.73 Å². The summed E-state index contributed by atoms with van der Waals surface area (Å²) in [6, 6.07) is -0.244. The van der Waals surface area contributed by atoms with Crippen LogP contribution in [0.1, 0.15) is 26.2 Å². The quantitative estimate of drug-likeness (QED) is 0.473. The third-order valence-corrected chi connectivity index (χ3v) is 6.65. The zero-order valence-electron chi connectivity index (χ0n) is 13.8. The Morgan fingerprint density at radius 3 is 2.83 bits per heavy atom. The van der Waals surface area contributed by atoms with Gasteiger partial charge in [0.1, 0.15) is 5.70 Å². The number of thioether (sulfide) groups is 1. The topological polar surface area (TPSA) is 116 Å². The molecule has 3 heterocycles. The summed E-state index contributed by atoms with van der Waals surface area (Å²) in [6.07, 6.45) is 1.73. The molecule has 5 N–H and O–H groups in total. The smallest absolute Gasteiger partial charge is 0.353 e. The molecule has 0 spiro atoms. The first kappa shape index (κ1) is 17.7. The number of aliphatic hydroxyl groups excluding tert-OH is 1. The van der Waals surface area contributed by atoms with Crippen LogP contribution in [0, 0.1) is 11.8 Å². The van der Waals surface area contributed by atoms with Gasteiger partial charge in [-0.3, -0.25) is 4.79 Å². The highest BCUT2D eigenvalue weighted by Crippen LogP contribution is 2.53. The standard InChI is InChI=1S/C16H25N3O4S/c1-8(20)11-12-10(3-2-5-17)14(24-9-4-6-18-7-9)13(16(22)23)19(12)15(11)21/h8-12,18,20H,2-7,17H2,1H3,(H,22,23)/t8-,9-,10-,11-,12-/m1/s1. The van der Waals surface area contributed by atoms with Gasteiger partial charge >= 0.3 is 5.97 Å². The number of hydrogen-bond donors (Lipinski definition) is 4. The number of nitrogens with zero attached hydrogens (tertiary/aromatic N) is 1. The zero-order chi connectivity index (χ0) is 17.4. The van der Waals surface area contributed by atoms with Crippen molar-refractivity contribution >= 4 is 23.6 Å². The number of fused-ring (bicyclic) bond motifs is 1. The van der Waals surface area contributed by atoms with Crippen molar-refractivity contribution in [1.82, 2.24) is 10.2 Å². The Bertz CT molecular complexity index is 560. The largest absolute Gasteiger partial charge is 0.477 e. The minimum absolute atomic E-state index is 0.0393. The first-order valence-corrected chi connectivity index (χ1v) is 9.41. The van der Waals surface area contributed by atoms with Crippen LogP contribution >= 0.6 is 11.8 Å². The molecule has 0 aromatic carbocycles. The van der Waals surface area contributed by atoms with E-state index >= 15 is 0 Å². The number of nitrogens with two attached hydrogens (primary N) is 1. The summed E-state index contributed by atoms with van der Waals surface area (Å²) in [5.74, 6) is -1.88. The van der Waals surface area contributed by atoms with Gasteiger partial charge in [0, 0.05) is 22.6 Å². The van der Waals surface area contributed by atoms with Crippen molar-refractivity contribution in [2.24, 2.45) is 17.6 Å². The van der Waals surface area contributed by atoms with Crippen LogP contribution in [-0.4, -0.2) is 64.0 Å². The molecule has 0 aliphatic carbocycles. The van der Waals surface area contributed by atoms with Gasteiger partial charge in [-0.05, 0) is 39.3 Å². The maximum atomic E-state index is 12.4. The fraction of sp³-hybridized carbons (Fsp3) is 0.750. The second-order valence-electron chi connectivity index (χ2n) is 6.75. The number of hydrogen-bond acceptors (Lipinski definition) is 6. The van der Waals surface area contributed by atoms with Gasteiger partial charge in [-0.2, -0.15) is 0 Å². The molecule has 134 valence electrons. The van der Waals surface area contributed by atoms with E-state index in [0.29, 0.717) is 11.8 Å². The first-order valence-electron chi connectivity index (χ1n) is 8.53. The maximum absolute atomic E-state index is 12.4. The molecular formula is C16H25N3O4S. The predicted molar refractivity (Wildman–Crippen MR) is 91.1 cm³/mol. The number of β-lactam (4-membered cyclic amide) rings is 1. The number of carbonyl (C=O) groups excluding carboxylic acids is 1. The third kappa shape index (κ3) is 2.85. The highest BCUT2D eigenvalue weighted by molar-refractivity contribution is 8.03. The Morgan fingerprint density at radius 2 is 2.29 bits per heavy atom. The van der Waals surface area contributed by atoms with Gasteiger partial charge in [-0.1, -0.05) is 0 Å². The molecule has 24 heavy (non-hydrogen) atoms. The van der Waals surface area contributed by atoms with Crippen molar-refractivity contribution in [3.63, 3.8) is 0 Å². The monoisotopic (exact) mass is 355 g/mol. The Balaban J connectivity index is 1.93. The lowest BCUT2D eigenvalue weighted by molar-refractivity contribution is -0.163. The molecule has 0 bridgehead atoms. The Kier molecular flexibility index (Phi) is 5.19. The van der Waals surface area contributed by atoms with Gasteiger partial charge in [0.15, 0.2) is 0 Å². The lowest BCUT2D eigenvalue weighted by Gasteiger charge is -2.47. The number of aliphatic carboxylic acids is 1. The summed E-state index contributed by atoms with van der Waals surface area (Å²) in [6.45, 7) is 3.92. The van der Waals surface area contributed by atoms with Crippen LogP contribution in [0.15, 0.2) is 10.6 Å². The lowest BCUT2D eigenvalue weighted by Crippen LogP contribution is -2.63. The lowest BCUT2D eigenvalue weighted by atomic mass is 9.77. The summed E-state index contributed by atoms with van der Waals surface area (Å²) < 4.78 is 0. The molecule has 7 nitrogen and oxygen atoms in total. The van der Waals surface area contributed by atoms with E-state index in [-0.39, 0.29) is 23.6 Å². The Hall–Kier alpha value is -1.09. The molecular weight excluding hydrogens is 330 g/mol. The molecule has 0 radical (unpaired) electrons. The number of carbonyl (C=O) groups is 2. The van der Waals surface area contributed by atoms with Gasteiger partial charge in [0.2, 0.25) is 5.91 Å². The fourth-order valence-electron chi connectivity index (χ4n) is 4.06. The van der Waals surface area contributed by atoms with Crippen molar-refractivity contribution in [2.45, 2.75) is 43.6 Å². The van der Waals surface area contributed by atoms with Crippen LogP contribution in [0.25, 0.3) is 0 Å². The molecule has 0 aromatic heterocycles. The van der Waals surface area contributed by atoms with E-state index in [2.05, 4.69) is 5.32 Å². The molecule has 1 amide bonds. The summed E-state index contributed by atoms with van der Waals surface area (Å²) in [5.41, 5.74) is 5.78. The van der Waals surface area contributed by atoms with Gasteiger partial charge in [0.25, 0.3) is 0 Å². The first-order chi connectivity index (χ1) is 11.5. The van der Waals surface area contributed by atoms with Crippen LogP contribution < -0.4 is 11.1 Å². The molecule has 0 saturated carbocycles. The van der Waals surface area contributed by atoms with Gasteiger partial charge in [-0.25, -0.2) is 4.79 Å². The summed E-state index contributed by atoms with van der Waals surface area (Å²) in [4.78, 5) is 26.5. The number of amides is 1. The minimum atomic E-state index is -1.05. The number of carboxylic acid groups (broad SMARTS) is 1. The molecule has 2 saturated heterocycles. The van der Waals surface area contributed by atoms with Gasteiger partial charge in [-0.15, -0.1) is 11.8 Å². The van der Waals surface area contributed by atoms with E-state index in [1.165, 1.54) is 4.90 Å². The van der Waals surface area contributed by atoms with Crippen molar-refractivity contribution in [1.29, 1.82) is 0 Å². The summed E-state index contributed by atoms with van der Waals surface area (Å²) in [5, 5.41) is 23.3. The molecule has 3 aliphatic rings. The molecule has 5 atom stereocenters. The highest BCUT2D eigenvalue weighted by Gasteiger charge is 2.61. The number of rotatable bonds is 7. The average Bonchev–Trinajstić information content (AvgIpc) is 3.10. The number of nitrogens with one attached hydrogen (secondary N) is 1. The second-order valence-corrected chi connectivity index (χ2v) is 8.10. The molecule has 0 unspecified atom stereocenters.